The highest BCUT2D eigenvalue weighted by atomic mass is 35.5. The van der Waals surface area contributed by atoms with Gasteiger partial charge in [-0.15, -0.1) is 11.3 Å². The molecular weight excluding hydrogens is 884 g/mol. The van der Waals surface area contributed by atoms with Crippen molar-refractivity contribution < 1.29 is 48.5 Å². The van der Waals surface area contributed by atoms with Gasteiger partial charge in [-0.25, -0.2) is 15.0 Å². The van der Waals surface area contributed by atoms with Crippen molar-refractivity contribution in [3.8, 4) is 11.5 Å². The van der Waals surface area contributed by atoms with Gasteiger partial charge in [0.05, 0.1) is 29.6 Å². The summed E-state index contributed by atoms with van der Waals surface area (Å²) in [5.41, 5.74) is 3.90. The number of thioether (sulfide) groups is 1. The Morgan fingerprint density at radius 1 is 0.938 bits per heavy atom. The van der Waals surface area contributed by atoms with Gasteiger partial charge >= 0.3 is 18.0 Å². The zero-order chi connectivity index (χ0) is 46.8. The van der Waals surface area contributed by atoms with Crippen molar-refractivity contribution in [3.63, 3.8) is 0 Å². The minimum atomic E-state index is -1.31. The molecule has 64 heavy (non-hydrogen) atoms. The molecule has 0 spiro atoms. The van der Waals surface area contributed by atoms with Crippen molar-refractivity contribution in [1.29, 1.82) is 0 Å². The number of phenols is 1. The third-order valence-corrected chi connectivity index (χ3v) is 11.4. The van der Waals surface area contributed by atoms with E-state index in [2.05, 4.69) is 26.5 Å². The van der Waals surface area contributed by atoms with Crippen molar-refractivity contribution in [2.45, 2.75) is 77.9 Å². The Labute approximate surface area is 385 Å². The first-order valence-electron chi connectivity index (χ1n) is 20.2. The molecule has 0 aliphatic rings. The lowest BCUT2D eigenvalue weighted by atomic mass is 10.1. The maximum Gasteiger partial charge on any atom is 0.339 e. The molecule has 0 fully saturated rings. The molecule has 0 saturated heterocycles. The number of halogens is 1. The number of urea groups is 1. The van der Waals surface area contributed by atoms with E-state index in [1.54, 1.807) is 51.1 Å². The Bertz CT molecular complexity index is 2300. The number of hydrogen-bond acceptors (Lipinski definition) is 12. The van der Waals surface area contributed by atoms with E-state index in [0.717, 1.165) is 22.5 Å². The number of carbonyl (C=O) groups excluding carboxylic acids is 5. The molecular formula is C45H53ClN6O10S2. The molecule has 1 atom stereocenters. The van der Waals surface area contributed by atoms with Crippen molar-refractivity contribution in [1.82, 2.24) is 26.3 Å². The van der Waals surface area contributed by atoms with Crippen LogP contribution in [0.4, 0.5) is 4.79 Å². The second kappa shape index (κ2) is 24.7. The minimum absolute atomic E-state index is 0.0453. The number of esters is 1. The van der Waals surface area contributed by atoms with Crippen LogP contribution in [0, 0.1) is 0 Å². The highest BCUT2D eigenvalue weighted by molar-refractivity contribution is 7.99. The topological polar surface area (TPSA) is 225 Å². The van der Waals surface area contributed by atoms with E-state index in [0.29, 0.717) is 39.9 Å². The highest BCUT2D eigenvalue weighted by Gasteiger charge is 2.27. The predicted octanol–water partition coefficient (Wildman–Crippen LogP) is 6.53. The number of rotatable bonds is 22. The summed E-state index contributed by atoms with van der Waals surface area (Å²) in [6, 6.07) is 20.2. The number of aromatic hydroxyl groups is 1. The summed E-state index contributed by atoms with van der Waals surface area (Å²) in [6.45, 7) is 9.16. The first kappa shape index (κ1) is 50.5. The average Bonchev–Trinajstić information content (AvgIpc) is 3.70. The summed E-state index contributed by atoms with van der Waals surface area (Å²) in [5.74, 6) is -2.23. The molecule has 1 heterocycles. The van der Waals surface area contributed by atoms with E-state index in [1.165, 1.54) is 41.8 Å². The molecule has 5 amide bonds. The van der Waals surface area contributed by atoms with Crippen LogP contribution in [0.15, 0.2) is 84.0 Å². The normalized spacial score (nSPS) is 11.8. The van der Waals surface area contributed by atoms with Crippen LogP contribution in [-0.2, 0) is 44.4 Å². The zero-order valence-corrected chi connectivity index (χ0v) is 38.6. The first-order valence-corrected chi connectivity index (χ1v) is 22.6. The van der Waals surface area contributed by atoms with Crippen molar-refractivity contribution in [3.05, 3.63) is 116 Å². The van der Waals surface area contributed by atoms with Gasteiger partial charge in [0, 0.05) is 48.0 Å². The SMILES string of the molecule is CCNC(=O)COc1ccc(CCNC(=O)N/N=C(\CSCc2ccccc2Cl)[C@H](CC(=O)OC(C)(C)C)NC(=O)c2ccc(CN(Cc3ccc(O)c(C(=O)O)c3)C(C)=O)s2)cc1. The van der Waals surface area contributed by atoms with Crippen LogP contribution in [0.2, 0.25) is 5.02 Å². The lowest BCUT2D eigenvalue weighted by molar-refractivity contribution is -0.155. The van der Waals surface area contributed by atoms with E-state index >= 15 is 0 Å². The molecule has 4 rings (SSSR count). The standard InChI is InChI=1S/C45H53ClN6O10S2/c1-6-47-40(55)25-61-32-14-11-29(12-15-32)19-20-48-44(60)51-50-37(27-63-26-31-9-7-8-10-35(31)46)36(22-41(56)62-45(3,4)5)49-42(57)39-18-16-33(64-39)24-52(28(2)53)23-30-13-17-38(54)34(21-30)43(58)59/h7-18,21,36,54H,6,19-20,22-27H2,1-5H3,(H,47,55)(H,49,57)(H,58,59)(H2,48,51,60)/b50-37+/t36-/m0/s1. The molecule has 0 saturated carbocycles. The smallest absolute Gasteiger partial charge is 0.339 e. The largest absolute Gasteiger partial charge is 0.507 e. The number of carboxylic acid groups (broad SMARTS) is 1. The molecule has 0 radical (unpaired) electrons. The Morgan fingerprint density at radius 3 is 2.33 bits per heavy atom. The summed E-state index contributed by atoms with van der Waals surface area (Å²) in [4.78, 5) is 78.6. The number of likely N-dealkylation sites (N-methyl/N-ethyl adjacent to an activating group) is 1. The number of benzene rings is 3. The molecule has 0 aliphatic carbocycles. The van der Waals surface area contributed by atoms with Crippen LogP contribution in [0.1, 0.15) is 82.6 Å². The van der Waals surface area contributed by atoms with Gasteiger partial charge in [-0.2, -0.15) is 16.9 Å². The average molecular weight is 938 g/mol. The van der Waals surface area contributed by atoms with Crippen LogP contribution >= 0.6 is 34.7 Å². The fourth-order valence-electron chi connectivity index (χ4n) is 5.88. The first-order chi connectivity index (χ1) is 30.4. The lowest BCUT2D eigenvalue weighted by Gasteiger charge is -2.24. The fraction of sp³-hybridized carbons (Fsp3) is 0.356. The molecule has 0 bridgehead atoms. The molecule has 3 aromatic carbocycles. The number of ether oxygens (including phenoxy) is 2. The Balaban J connectivity index is 1.50. The second-order valence-corrected chi connectivity index (χ2v) is 17.9. The number of nitrogens with one attached hydrogen (secondary N) is 4. The number of carbonyl (C=O) groups is 6. The van der Waals surface area contributed by atoms with Gasteiger partial charge in [-0.3, -0.25) is 19.2 Å². The van der Waals surface area contributed by atoms with Crippen molar-refractivity contribution in [2.75, 3.05) is 25.4 Å². The zero-order valence-electron chi connectivity index (χ0n) is 36.2. The number of carboxylic acids is 1. The predicted molar refractivity (Wildman–Crippen MR) is 247 cm³/mol. The van der Waals surface area contributed by atoms with Crippen molar-refractivity contribution >= 4 is 76.1 Å². The highest BCUT2D eigenvalue weighted by Crippen LogP contribution is 2.25. The van der Waals surface area contributed by atoms with Crippen LogP contribution in [0.3, 0.4) is 0 Å². The van der Waals surface area contributed by atoms with Gasteiger partial charge in [-0.1, -0.05) is 48.0 Å². The van der Waals surface area contributed by atoms with Crippen molar-refractivity contribution in [2.24, 2.45) is 5.10 Å². The molecule has 0 unspecified atom stereocenters. The van der Waals surface area contributed by atoms with Crippen LogP contribution in [0.5, 0.6) is 11.5 Å². The molecule has 4 aromatic rings. The molecule has 342 valence electrons. The monoisotopic (exact) mass is 936 g/mol. The molecule has 6 N–H and O–H groups in total. The van der Waals surface area contributed by atoms with Crippen LogP contribution < -0.4 is 26.1 Å². The summed E-state index contributed by atoms with van der Waals surface area (Å²) in [7, 11) is 0. The van der Waals surface area contributed by atoms with Crippen LogP contribution in [-0.4, -0.2) is 93.6 Å². The van der Waals surface area contributed by atoms with Gasteiger partial charge in [0.2, 0.25) is 5.91 Å². The number of aromatic carboxylic acids is 1. The number of amides is 5. The van der Waals surface area contributed by atoms with Gasteiger partial charge in [0.1, 0.15) is 22.7 Å². The van der Waals surface area contributed by atoms with Gasteiger partial charge in [0.25, 0.3) is 11.8 Å². The Kier molecular flexibility index (Phi) is 19.5. The molecule has 16 nitrogen and oxygen atoms in total. The molecule has 0 aliphatic heterocycles. The van der Waals surface area contributed by atoms with E-state index in [9.17, 15) is 39.0 Å². The number of hydrogen-bond donors (Lipinski definition) is 6. The molecule has 19 heteroatoms. The third kappa shape index (κ3) is 17.2. The summed E-state index contributed by atoms with van der Waals surface area (Å²) < 4.78 is 11.1. The van der Waals surface area contributed by atoms with Crippen LogP contribution in [0.25, 0.3) is 0 Å². The van der Waals surface area contributed by atoms with E-state index in [4.69, 9.17) is 21.1 Å². The second-order valence-electron chi connectivity index (χ2n) is 15.3. The van der Waals surface area contributed by atoms with E-state index in [-0.39, 0.29) is 66.4 Å². The summed E-state index contributed by atoms with van der Waals surface area (Å²) in [6.07, 6.45) is 0.156. The minimum Gasteiger partial charge on any atom is -0.507 e. The van der Waals surface area contributed by atoms with Gasteiger partial charge in [-0.05, 0) is 93.3 Å². The van der Waals surface area contributed by atoms with Gasteiger partial charge in [0.15, 0.2) is 6.61 Å². The number of hydrazone groups is 1. The lowest BCUT2D eigenvalue weighted by Crippen LogP contribution is -2.45. The van der Waals surface area contributed by atoms with E-state index < -0.39 is 41.3 Å². The number of nitrogens with zero attached hydrogens (tertiary/aromatic N) is 2. The van der Waals surface area contributed by atoms with Gasteiger partial charge < -0.3 is 40.5 Å². The number of thiophene rings is 1. The third-order valence-electron chi connectivity index (χ3n) is 8.97. The Morgan fingerprint density at radius 2 is 1.66 bits per heavy atom. The summed E-state index contributed by atoms with van der Waals surface area (Å²) in [5, 5.41) is 32.7. The maximum absolute atomic E-state index is 13.9. The molecule has 1 aromatic heterocycles. The van der Waals surface area contributed by atoms with E-state index in [1.807, 2.05) is 37.3 Å². The fourth-order valence-corrected chi connectivity index (χ4v) is 8.14. The Hall–Kier alpha value is -6.11. The quantitative estimate of drug-likeness (QED) is 0.0282. The maximum atomic E-state index is 13.9. The summed E-state index contributed by atoms with van der Waals surface area (Å²) >= 11 is 8.95.